The molecule has 3 nitrogen and oxygen atoms in total. The van der Waals surface area contributed by atoms with Crippen molar-refractivity contribution < 1.29 is 5.11 Å². The Hall–Kier alpha value is -0.120. The third-order valence-electron chi connectivity index (χ3n) is 4.46. The van der Waals surface area contributed by atoms with Crippen LogP contribution < -0.4 is 5.32 Å². The molecule has 1 fully saturated rings. The molecule has 0 atom stereocenters. The summed E-state index contributed by atoms with van der Waals surface area (Å²) in [4.78, 5) is 2.51. The highest BCUT2D eigenvalue weighted by molar-refractivity contribution is 4.90. The van der Waals surface area contributed by atoms with Crippen LogP contribution in [0, 0.1) is 5.41 Å². The Kier molecular flexibility index (Phi) is 7.49. The summed E-state index contributed by atoms with van der Waals surface area (Å²) >= 11 is 0. The summed E-state index contributed by atoms with van der Waals surface area (Å²) in [5.41, 5.74) is 0.703. The fourth-order valence-corrected chi connectivity index (χ4v) is 3.29. The number of aliphatic hydroxyl groups is 1. The summed E-state index contributed by atoms with van der Waals surface area (Å²) in [5.74, 6) is 0. The van der Waals surface area contributed by atoms with Gasteiger partial charge in [0.1, 0.15) is 0 Å². The highest BCUT2D eigenvalue weighted by atomic mass is 16.2. The second-order valence-corrected chi connectivity index (χ2v) is 7.83. The van der Waals surface area contributed by atoms with Crippen molar-refractivity contribution in [1.82, 2.24) is 10.2 Å². The minimum Gasteiger partial charge on any atom is -0.396 e. The van der Waals surface area contributed by atoms with Crippen molar-refractivity contribution in [3.05, 3.63) is 0 Å². The van der Waals surface area contributed by atoms with Crippen molar-refractivity contribution in [2.24, 2.45) is 5.41 Å². The Morgan fingerprint density at radius 1 is 1.10 bits per heavy atom. The van der Waals surface area contributed by atoms with E-state index < -0.39 is 0 Å². The summed E-state index contributed by atoms with van der Waals surface area (Å²) in [5, 5.41) is 12.6. The Balaban J connectivity index is 2.37. The average molecular weight is 284 g/mol. The molecular formula is C17H36N2O. The molecule has 0 aromatic heterocycles. The molecule has 0 heterocycles. The fourth-order valence-electron chi connectivity index (χ4n) is 3.29. The summed E-state index contributed by atoms with van der Waals surface area (Å²) < 4.78 is 0. The molecule has 0 bridgehead atoms. The van der Waals surface area contributed by atoms with Gasteiger partial charge in [0.2, 0.25) is 0 Å². The Labute approximate surface area is 126 Å². The molecular weight excluding hydrogens is 248 g/mol. The number of aliphatic hydroxyl groups excluding tert-OH is 1. The minimum absolute atomic E-state index is 0.218. The van der Waals surface area contributed by atoms with Gasteiger partial charge in [0, 0.05) is 25.2 Å². The first kappa shape index (κ1) is 17.9. The second kappa shape index (κ2) is 8.35. The molecule has 0 radical (unpaired) electrons. The van der Waals surface area contributed by atoms with Crippen LogP contribution in [0.25, 0.3) is 0 Å². The van der Waals surface area contributed by atoms with E-state index in [1.165, 1.54) is 38.6 Å². The zero-order valence-electron chi connectivity index (χ0n) is 14.2. The normalized spacial score (nSPS) is 18.9. The zero-order chi connectivity index (χ0) is 15.1. The van der Waals surface area contributed by atoms with Gasteiger partial charge in [-0.3, -0.25) is 0 Å². The molecule has 120 valence electrons. The van der Waals surface area contributed by atoms with Gasteiger partial charge in [-0.05, 0) is 71.9 Å². The van der Waals surface area contributed by atoms with Crippen LogP contribution in [0.5, 0.6) is 0 Å². The van der Waals surface area contributed by atoms with E-state index in [4.69, 9.17) is 5.11 Å². The van der Waals surface area contributed by atoms with E-state index in [1.54, 1.807) is 0 Å². The van der Waals surface area contributed by atoms with Crippen molar-refractivity contribution >= 4 is 0 Å². The molecule has 3 heteroatoms. The van der Waals surface area contributed by atoms with E-state index in [9.17, 15) is 0 Å². The molecule has 1 rings (SSSR count). The van der Waals surface area contributed by atoms with Gasteiger partial charge in [-0.25, -0.2) is 0 Å². The number of rotatable bonds is 9. The minimum atomic E-state index is 0.218. The Morgan fingerprint density at radius 3 is 2.30 bits per heavy atom. The van der Waals surface area contributed by atoms with Gasteiger partial charge in [-0.1, -0.05) is 12.8 Å². The standard InChI is InChI=1S/C17H36N2O/c1-16(2,3)18-14-17(10-6-7-11-17)15-19(4)12-8-5-9-13-20/h18,20H,5-15H2,1-4H3. The molecule has 0 aromatic rings. The van der Waals surface area contributed by atoms with E-state index >= 15 is 0 Å². The first-order chi connectivity index (χ1) is 9.37. The first-order valence-electron chi connectivity index (χ1n) is 8.41. The van der Waals surface area contributed by atoms with Crippen LogP contribution in [0.4, 0.5) is 0 Å². The Morgan fingerprint density at radius 2 is 1.75 bits per heavy atom. The first-order valence-corrected chi connectivity index (χ1v) is 8.41. The van der Waals surface area contributed by atoms with Gasteiger partial charge < -0.3 is 15.3 Å². The van der Waals surface area contributed by atoms with Crippen molar-refractivity contribution in [2.45, 2.75) is 71.3 Å². The van der Waals surface area contributed by atoms with Gasteiger partial charge >= 0.3 is 0 Å². The van der Waals surface area contributed by atoms with Gasteiger partial charge in [0.15, 0.2) is 0 Å². The second-order valence-electron chi connectivity index (χ2n) is 7.83. The maximum Gasteiger partial charge on any atom is 0.0431 e. The van der Waals surface area contributed by atoms with Crippen LogP contribution in [0.1, 0.15) is 65.7 Å². The molecule has 0 spiro atoms. The summed E-state index contributed by atoms with van der Waals surface area (Å²) in [6.07, 6.45) is 8.83. The van der Waals surface area contributed by atoms with E-state index in [0.717, 1.165) is 25.9 Å². The maximum absolute atomic E-state index is 8.83. The molecule has 0 saturated heterocycles. The molecule has 20 heavy (non-hydrogen) atoms. The van der Waals surface area contributed by atoms with E-state index in [1.807, 2.05) is 0 Å². The fraction of sp³-hybridized carbons (Fsp3) is 1.00. The molecule has 2 N–H and O–H groups in total. The maximum atomic E-state index is 8.83. The third-order valence-corrected chi connectivity index (χ3v) is 4.46. The highest BCUT2D eigenvalue weighted by Crippen LogP contribution is 2.38. The zero-order valence-corrected chi connectivity index (χ0v) is 14.2. The number of unbranched alkanes of at least 4 members (excludes halogenated alkanes) is 2. The van der Waals surface area contributed by atoms with Gasteiger partial charge in [-0.2, -0.15) is 0 Å². The van der Waals surface area contributed by atoms with Crippen molar-refractivity contribution in [3.8, 4) is 0 Å². The van der Waals surface area contributed by atoms with Crippen molar-refractivity contribution in [2.75, 3.05) is 33.3 Å². The van der Waals surface area contributed by atoms with Crippen LogP contribution in [0.15, 0.2) is 0 Å². The molecule has 1 saturated carbocycles. The molecule has 0 unspecified atom stereocenters. The summed E-state index contributed by atoms with van der Waals surface area (Å²) in [6, 6.07) is 0. The van der Waals surface area contributed by atoms with E-state index in [-0.39, 0.29) is 5.54 Å². The smallest absolute Gasteiger partial charge is 0.0431 e. The van der Waals surface area contributed by atoms with Crippen LogP contribution in [0.2, 0.25) is 0 Å². The number of hydrogen-bond donors (Lipinski definition) is 2. The predicted octanol–water partition coefficient (Wildman–Crippen LogP) is 3.03. The number of hydrogen-bond acceptors (Lipinski definition) is 3. The topological polar surface area (TPSA) is 35.5 Å². The quantitative estimate of drug-likeness (QED) is 0.639. The highest BCUT2D eigenvalue weighted by Gasteiger charge is 2.35. The lowest BCUT2D eigenvalue weighted by molar-refractivity contribution is 0.158. The molecule has 0 aromatic carbocycles. The largest absolute Gasteiger partial charge is 0.396 e. The van der Waals surface area contributed by atoms with E-state index in [0.29, 0.717) is 12.0 Å². The summed E-state index contributed by atoms with van der Waals surface area (Å²) in [7, 11) is 2.26. The lowest BCUT2D eigenvalue weighted by Gasteiger charge is -2.36. The van der Waals surface area contributed by atoms with Crippen molar-refractivity contribution in [3.63, 3.8) is 0 Å². The third kappa shape index (κ3) is 7.05. The SMILES string of the molecule is CN(CCCCCO)CC1(CNC(C)(C)C)CCCC1. The lowest BCUT2D eigenvalue weighted by Crippen LogP contribution is -2.47. The molecule has 0 aliphatic heterocycles. The Bertz CT molecular complexity index is 254. The number of nitrogens with zero attached hydrogens (tertiary/aromatic N) is 1. The lowest BCUT2D eigenvalue weighted by atomic mass is 9.84. The van der Waals surface area contributed by atoms with E-state index in [2.05, 4.69) is 38.0 Å². The van der Waals surface area contributed by atoms with Gasteiger partial charge in [0.05, 0.1) is 0 Å². The van der Waals surface area contributed by atoms with Crippen LogP contribution >= 0.6 is 0 Å². The van der Waals surface area contributed by atoms with Crippen LogP contribution in [-0.2, 0) is 0 Å². The number of nitrogens with one attached hydrogen (secondary N) is 1. The summed E-state index contributed by atoms with van der Waals surface area (Å²) in [6.45, 7) is 10.6. The van der Waals surface area contributed by atoms with Gasteiger partial charge in [-0.15, -0.1) is 0 Å². The van der Waals surface area contributed by atoms with Gasteiger partial charge in [0.25, 0.3) is 0 Å². The van der Waals surface area contributed by atoms with Crippen molar-refractivity contribution in [1.29, 1.82) is 0 Å². The van der Waals surface area contributed by atoms with Crippen LogP contribution in [-0.4, -0.2) is 48.8 Å². The molecule has 1 aliphatic rings. The monoisotopic (exact) mass is 284 g/mol. The molecule has 0 amide bonds. The average Bonchev–Trinajstić information content (AvgIpc) is 2.81. The van der Waals surface area contributed by atoms with Crippen LogP contribution in [0.3, 0.4) is 0 Å². The molecule has 1 aliphatic carbocycles. The predicted molar refractivity (Wildman–Crippen MR) is 87.1 cm³/mol.